The molecule has 0 spiro atoms. The van der Waals surface area contributed by atoms with Crippen LogP contribution >= 0.6 is 0 Å². The van der Waals surface area contributed by atoms with E-state index < -0.39 is 6.09 Å². The Hall–Kier alpha value is -1.14. The van der Waals surface area contributed by atoms with Crippen molar-refractivity contribution in [3.8, 4) is 0 Å². The minimum absolute atomic E-state index is 0.0865. The van der Waals surface area contributed by atoms with E-state index in [2.05, 4.69) is 4.84 Å². The van der Waals surface area contributed by atoms with E-state index in [1.165, 1.54) is 14.2 Å². The van der Waals surface area contributed by atoms with Gasteiger partial charge in [0.2, 0.25) is 0 Å². The predicted molar refractivity (Wildman–Crippen MR) is 44.7 cm³/mol. The van der Waals surface area contributed by atoms with Gasteiger partial charge in [-0.05, 0) is 0 Å². The summed E-state index contributed by atoms with van der Waals surface area (Å²) in [6, 6.07) is 0. The number of hydrogen-bond donors (Lipinski definition) is 1. The van der Waals surface area contributed by atoms with Gasteiger partial charge in [-0.2, -0.15) is 0 Å². The molecule has 0 aliphatic rings. The number of hydrazine groups is 1. The Morgan fingerprint density at radius 2 is 2.23 bits per heavy atom. The molecular formula is C7H14N2O4. The maximum atomic E-state index is 10.6. The number of carbonyl (C=O) groups excluding carboxylic acids is 1. The van der Waals surface area contributed by atoms with Gasteiger partial charge in [0.05, 0.1) is 13.7 Å². The van der Waals surface area contributed by atoms with E-state index >= 15 is 0 Å². The van der Waals surface area contributed by atoms with E-state index in [0.717, 1.165) is 10.2 Å². The molecule has 76 valence electrons. The van der Waals surface area contributed by atoms with E-state index in [4.69, 9.17) is 5.11 Å². The summed E-state index contributed by atoms with van der Waals surface area (Å²) in [5, 5.41) is 10.7. The van der Waals surface area contributed by atoms with Crippen LogP contribution in [0.25, 0.3) is 0 Å². The molecule has 0 aliphatic heterocycles. The summed E-state index contributed by atoms with van der Waals surface area (Å²) >= 11 is 0. The Morgan fingerprint density at radius 3 is 2.54 bits per heavy atom. The Kier molecular flexibility index (Phi) is 5.01. The maximum Gasteiger partial charge on any atom is 0.423 e. The first-order chi connectivity index (χ1) is 6.02. The van der Waals surface area contributed by atoms with Crippen molar-refractivity contribution in [1.29, 1.82) is 0 Å². The lowest BCUT2D eigenvalue weighted by molar-refractivity contribution is -0.233. The van der Waals surface area contributed by atoms with E-state index in [0.29, 0.717) is 6.29 Å². The van der Waals surface area contributed by atoms with Gasteiger partial charge in [0.15, 0.2) is 0 Å². The number of carboxylic acid groups (broad SMARTS) is 1. The van der Waals surface area contributed by atoms with Crippen LogP contribution < -0.4 is 0 Å². The monoisotopic (exact) mass is 190 g/mol. The van der Waals surface area contributed by atoms with Gasteiger partial charge in [0.1, 0.15) is 6.29 Å². The van der Waals surface area contributed by atoms with E-state index in [1.54, 1.807) is 6.92 Å². The van der Waals surface area contributed by atoms with Crippen molar-refractivity contribution >= 4 is 12.4 Å². The standard InChI is InChI=1S/C7H14N2O4/c1-6(5-10)4-9(7(11)12)8(2)13-3/h5-6H,4H2,1-3H3,(H,11,12). The number of rotatable bonds is 5. The summed E-state index contributed by atoms with van der Waals surface area (Å²) in [7, 11) is 2.80. The topological polar surface area (TPSA) is 70.1 Å². The van der Waals surface area contributed by atoms with Crippen LogP contribution in [-0.2, 0) is 9.63 Å². The number of hydroxylamine groups is 1. The lowest BCUT2D eigenvalue weighted by Crippen LogP contribution is -2.45. The van der Waals surface area contributed by atoms with E-state index in [9.17, 15) is 9.59 Å². The van der Waals surface area contributed by atoms with Crippen LogP contribution in [0, 0.1) is 5.92 Å². The van der Waals surface area contributed by atoms with Crippen LogP contribution in [0.15, 0.2) is 0 Å². The largest absolute Gasteiger partial charge is 0.464 e. The zero-order chi connectivity index (χ0) is 10.4. The highest BCUT2D eigenvalue weighted by molar-refractivity contribution is 5.65. The van der Waals surface area contributed by atoms with Gasteiger partial charge < -0.3 is 9.90 Å². The molecule has 6 nitrogen and oxygen atoms in total. The summed E-state index contributed by atoms with van der Waals surface area (Å²) in [4.78, 5) is 25.6. The molecule has 0 aromatic rings. The first-order valence-corrected chi connectivity index (χ1v) is 3.76. The Morgan fingerprint density at radius 1 is 1.69 bits per heavy atom. The van der Waals surface area contributed by atoms with Crippen LogP contribution in [-0.4, -0.2) is 48.4 Å². The van der Waals surface area contributed by atoms with Crippen LogP contribution in [0.1, 0.15) is 6.92 Å². The van der Waals surface area contributed by atoms with Crippen molar-refractivity contribution in [1.82, 2.24) is 10.2 Å². The molecule has 0 rings (SSSR count). The van der Waals surface area contributed by atoms with Gasteiger partial charge in [0.25, 0.3) is 0 Å². The van der Waals surface area contributed by atoms with Gasteiger partial charge in [0, 0.05) is 13.0 Å². The van der Waals surface area contributed by atoms with Crippen molar-refractivity contribution in [3.63, 3.8) is 0 Å². The fourth-order valence-electron chi connectivity index (χ4n) is 0.728. The summed E-state index contributed by atoms with van der Waals surface area (Å²) in [5.41, 5.74) is 0. The molecule has 0 aromatic heterocycles. The van der Waals surface area contributed by atoms with Crippen LogP contribution in [0.3, 0.4) is 0 Å². The first kappa shape index (κ1) is 11.9. The smallest absolute Gasteiger partial charge is 0.423 e. The van der Waals surface area contributed by atoms with Crippen molar-refractivity contribution in [3.05, 3.63) is 0 Å². The molecule has 1 N–H and O–H groups in total. The van der Waals surface area contributed by atoms with Crippen LogP contribution in [0.2, 0.25) is 0 Å². The molecular weight excluding hydrogens is 176 g/mol. The average Bonchev–Trinajstić information content (AvgIpc) is 2.11. The third kappa shape index (κ3) is 3.86. The quantitative estimate of drug-likeness (QED) is 0.495. The number of carbonyl (C=O) groups is 2. The number of nitrogens with zero attached hydrogens (tertiary/aromatic N) is 2. The second-order valence-corrected chi connectivity index (χ2v) is 2.62. The molecule has 0 radical (unpaired) electrons. The average molecular weight is 190 g/mol. The van der Waals surface area contributed by atoms with Crippen molar-refractivity contribution < 1.29 is 19.5 Å². The highest BCUT2D eigenvalue weighted by Gasteiger charge is 2.19. The Labute approximate surface area is 76.6 Å². The third-order valence-electron chi connectivity index (χ3n) is 1.52. The van der Waals surface area contributed by atoms with Gasteiger partial charge in [-0.3, -0.25) is 4.84 Å². The summed E-state index contributed by atoms with van der Waals surface area (Å²) < 4.78 is 0. The molecule has 13 heavy (non-hydrogen) atoms. The second kappa shape index (κ2) is 5.50. The maximum absolute atomic E-state index is 10.6. The Bertz CT molecular complexity index is 185. The van der Waals surface area contributed by atoms with Crippen LogP contribution in [0.5, 0.6) is 0 Å². The normalized spacial score (nSPS) is 12.6. The molecule has 0 fully saturated rings. The van der Waals surface area contributed by atoms with Crippen molar-refractivity contribution in [2.24, 2.45) is 5.92 Å². The van der Waals surface area contributed by atoms with Gasteiger partial charge in [-0.15, -0.1) is 0 Å². The minimum Gasteiger partial charge on any atom is -0.464 e. The molecule has 6 heteroatoms. The fraction of sp³-hybridized carbons (Fsp3) is 0.714. The minimum atomic E-state index is -1.15. The second-order valence-electron chi connectivity index (χ2n) is 2.62. The molecule has 0 saturated carbocycles. The third-order valence-corrected chi connectivity index (χ3v) is 1.52. The summed E-state index contributed by atoms with van der Waals surface area (Å²) in [6.45, 7) is 1.72. The van der Waals surface area contributed by atoms with Gasteiger partial charge in [-0.1, -0.05) is 12.1 Å². The lowest BCUT2D eigenvalue weighted by Gasteiger charge is -2.27. The number of amides is 1. The van der Waals surface area contributed by atoms with Crippen LogP contribution in [0.4, 0.5) is 4.79 Å². The molecule has 0 aliphatic carbocycles. The molecule has 1 atom stereocenters. The predicted octanol–water partition coefficient (Wildman–Crippen LogP) is 0.210. The zero-order valence-electron chi connectivity index (χ0n) is 7.93. The molecule has 0 bridgehead atoms. The highest BCUT2D eigenvalue weighted by Crippen LogP contribution is 2.01. The van der Waals surface area contributed by atoms with Gasteiger partial charge in [-0.25, -0.2) is 9.80 Å². The lowest BCUT2D eigenvalue weighted by atomic mass is 10.2. The molecule has 1 unspecified atom stereocenters. The van der Waals surface area contributed by atoms with E-state index in [1.807, 2.05) is 0 Å². The molecule has 0 heterocycles. The zero-order valence-corrected chi connectivity index (χ0v) is 7.93. The molecule has 1 amide bonds. The summed E-state index contributed by atoms with van der Waals surface area (Å²) in [5.74, 6) is -0.353. The highest BCUT2D eigenvalue weighted by atomic mass is 16.7. The fourth-order valence-corrected chi connectivity index (χ4v) is 0.728. The SMILES string of the molecule is CON(C)N(CC(C)C=O)C(=O)O. The number of aldehydes is 1. The van der Waals surface area contributed by atoms with Crippen molar-refractivity contribution in [2.45, 2.75) is 6.92 Å². The van der Waals surface area contributed by atoms with Gasteiger partial charge >= 0.3 is 6.09 Å². The summed E-state index contributed by atoms with van der Waals surface area (Å²) in [6.07, 6.45) is -0.461. The first-order valence-electron chi connectivity index (χ1n) is 3.76. The van der Waals surface area contributed by atoms with Crippen molar-refractivity contribution in [2.75, 3.05) is 20.7 Å². The molecule has 0 saturated heterocycles. The Balaban J connectivity index is 4.25. The van der Waals surface area contributed by atoms with E-state index in [-0.39, 0.29) is 12.5 Å². The molecule has 0 aromatic carbocycles. The number of hydrogen-bond acceptors (Lipinski definition) is 4.